The summed E-state index contributed by atoms with van der Waals surface area (Å²) >= 11 is 0. The molecule has 0 bridgehead atoms. The first-order chi connectivity index (χ1) is 17.1. The Morgan fingerprint density at radius 3 is 2.31 bits per heavy atom. The smallest absolute Gasteiger partial charge is 0.243 e. The van der Waals surface area contributed by atoms with E-state index in [1.165, 1.54) is 25.7 Å². The van der Waals surface area contributed by atoms with Crippen molar-refractivity contribution < 1.29 is 26.7 Å². The number of rotatable bonds is 9. The van der Waals surface area contributed by atoms with E-state index < -0.39 is 21.1 Å². The zero-order valence-corrected chi connectivity index (χ0v) is 21.1. The maximum atomic E-state index is 13.3. The molecular formula is C23H25FN6O5S. The molecule has 0 amide bonds. The van der Waals surface area contributed by atoms with Gasteiger partial charge in [-0.25, -0.2) is 22.8 Å². The van der Waals surface area contributed by atoms with Crippen LogP contribution in [-0.4, -0.2) is 52.6 Å². The van der Waals surface area contributed by atoms with Gasteiger partial charge in [0.2, 0.25) is 21.8 Å². The zero-order valence-electron chi connectivity index (χ0n) is 20.3. The second kappa shape index (κ2) is 9.93. The minimum atomic E-state index is -4.02. The molecule has 0 aliphatic rings. The number of halogens is 1. The molecule has 1 N–H and O–H groups in total. The summed E-state index contributed by atoms with van der Waals surface area (Å²) in [5.41, 5.74) is 1.27. The van der Waals surface area contributed by atoms with Crippen LogP contribution in [0.5, 0.6) is 11.5 Å². The summed E-state index contributed by atoms with van der Waals surface area (Å²) < 4.78 is 60.6. The first-order valence-corrected chi connectivity index (χ1v) is 12.4. The Morgan fingerprint density at radius 2 is 1.75 bits per heavy atom. The van der Waals surface area contributed by atoms with E-state index in [1.807, 2.05) is 13.8 Å². The van der Waals surface area contributed by atoms with Gasteiger partial charge in [0.25, 0.3) is 0 Å². The average Bonchev–Trinajstić information content (AvgIpc) is 3.41. The largest absolute Gasteiger partial charge is 0.494 e. The Kier molecular flexibility index (Phi) is 6.93. The van der Waals surface area contributed by atoms with Gasteiger partial charge in [-0.15, -0.1) is 10.2 Å². The number of hydrogen-bond acceptors (Lipinski definition) is 9. The third kappa shape index (κ3) is 4.87. The lowest BCUT2D eigenvalue weighted by atomic mass is 10.2. The number of aromatic nitrogens is 5. The molecule has 4 rings (SSSR count). The number of nitrogens with one attached hydrogen (secondary N) is 1. The van der Waals surface area contributed by atoms with Crippen LogP contribution in [0.4, 0.5) is 10.3 Å². The molecule has 0 radical (unpaired) electrons. The molecule has 1 atom stereocenters. The van der Waals surface area contributed by atoms with E-state index in [9.17, 15) is 12.8 Å². The fourth-order valence-electron chi connectivity index (χ4n) is 3.50. The molecule has 4 aromatic rings. The Morgan fingerprint density at radius 1 is 1.11 bits per heavy atom. The van der Waals surface area contributed by atoms with E-state index in [0.29, 0.717) is 28.7 Å². The summed E-state index contributed by atoms with van der Waals surface area (Å²) in [4.78, 5) is 7.69. The standard InChI is InChI=1S/C23H25FN6O5S/c1-13-9-19(35-15(13)3)22-27-28-23(30(22)21-17(33-4)7-6-8-18(21)34-5)29-36(31,32)14(2)10-20-25-11-16(24)12-26-20/h6-9,11-12,14H,10H2,1-5H3,(H,28,29)/t14-/m1/s1. The molecule has 0 fully saturated rings. The number of benzene rings is 1. The van der Waals surface area contributed by atoms with Crippen LogP contribution in [0.25, 0.3) is 17.3 Å². The molecule has 0 aliphatic carbocycles. The fraction of sp³-hybridized carbons (Fsp3) is 0.304. The molecule has 0 saturated heterocycles. The third-order valence-electron chi connectivity index (χ3n) is 5.58. The van der Waals surface area contributed by atoms with Crippen molar-refractivity contribution in [2.24, 2.45) is 0 Å². The number of ether oxygens (including phenoxy) is 2. The molecule has 3 heterocycles. The van der Waals surface area contributed by atoms with Crippen LogP contribution in [0, 0.1) is 19.7 Å². The number of sulfonamides is 1. The number of aryl methyl sites for hydroxylation is 2. The lowest BCUT2D eigenvalue weighted by molar-refractivity contribution is 0.391. The zero-order chi connectivity index (χ0) is 26.0. The summed E-state index contributed by atoms with van der Waals surface area (Å²) in [5.74, 6) is 1.55. The SMILES string of the molecule is COc1cccc(OC)c1-n1c(NS(=O)(=O)[C@H](C)Cc2ncc(F)cn2)nnc1-c1cc(C)c(C)o1. The molecular weight excluding hydrogens is 491 g/mol. The van der Waals surface area contributed by atoms with Crippen molar-refractivity contribution in [3.05, 3.63) is 59.6 Å². The predicted molar refractivity (Wildman–Crippen MR) is 129 cm³/mol. The Balaban J connectivity index is 1.81. The minimum absolute atomic E-state index is 0.0504. The van der Waals surface area contributed by atoms with Crippen LogP contribution in [0.15, 0.2) is 41.1 Å². The second-order valence-electron chi connectivity index (χ2n) is 8.02. The number of para-hydroxylation sites is 1. The highest BCUT2D eigenvalue weighted by Gasteiger charge is 2.29. The van der Waals surface area contributed by atoms with Gasteiger partial charge in [-0.2, -0.15) is 0 Å². The van der Waals surface area contributed by atoms with Crippen LogP contribution in [0.3, 0.4) is 0 Å². The molecule has 0 aliphatic heterocycles. The van der Waals surface area contributed by atoms with Crippen molar-refractivity contribution in [1.82, 2.24) is 24.7 Å². The number of nitrogens with zero attached hydrogens (tertiary/aromatic N) is 5. The molecule has 3 aromatic heterocycles. The quantitative estimate of drug-likeness (QED) is 0.355. The van der Waals surface area contributed by atoms with Crippen LogP contribution >= 0.6 is 0 Å². The van der Waals surface area contributed by atoms with E-state index >= 15 is 0 Å². The Hall–Kier alpha value is -4.00. The summed E-state index contributed by atoms with van der Waals surface area (Å²) in [6.07, 6.45) is 1.92. The number of anilines is 1. The maximum absolute atomic E-state index is 13.3. The lowest BCUT2D eigenvalue weighted by Gasteiger charge is -2.18. The molecule has 0 saturated carbocycles. The van der Waals surface area contributed by atoms with Crippen LogP contribution < -0.4 is 14.2 Å². The van der Waals surface area contributed by atoms with Gasteiger partial charge in [-0.05, 0) is 44.5 Å². The summed E-state index contributed by atoms with van der Waals surface area (Å²) in [7, 11) is -1.05. The third-order valence-corrected chi connectivity index (χ3v) is 7.28. The highest BCUT2D eigenvalue weighted by molar-refractivity contribution is 7.93. The van der Waals surface area contributed by atoms with Crippen molar-refractivity contribution in [2.45, 2.75) is 32.4 Å². The Bertz CT molecular complexity index is 1440. The molecule has 11 nitrogen and oxygen atoms in total. The van der Waals surface area contributed by atoms with Gasteiger partial charge in [0, 0.05) is 6.42 Å². The van der Waals surface area contributed by atoms with Gasteiger partial charge in [-0.3, -0.25) is 9.29 Å². The summed E-state index contributed by atoms with van der Waals surface area (Å²) in [6.45, 7) is 5.18. The molecule has 190 valence electrons. The van der Waals surface area contributed by atoms with Crippen LogP contribution in [0.1, 0.15) is 24.1 Å². The van der Waals surface area contributed by atoms with Crippen molar-refractivity contribution in [1.29, 1.82) is 0 Å². The Labute approximate surface area is 207 Å². The van der Waals surface area contributed by atoms with Gasteiger partial charge in [0.05, 0.1) is 31.9 Å². The van der Waals surface area contributed by atoms with Crippen LogP contribution in [-0.2, 0) is 16.4 Å². The van der Waals surface area contributed by atoms with Crippen molar-refractivity contribution >= 4 is 16.0 Å². The molecule has 36 heavy (non-hydrogen) atoms. The molecule has 1 aromatic carbocycles. The molecule has 0 unspecified atom stereocenters. The average molecular weight is 517 g/mol. The van der Waals surface area contributed by atoms with Crippen molar-refractivity contribution in [3.8, 4) is 28.8 Å². The fourth-order valence-corrected chi connectivity index (χ4v) is 4.45. The monoisotopic (exact) mass is 516 g/mol. The van der Waals surface area contributed by atoms with E-state index in [4.69, 9.17) is 13.9 Å². The van der Waals surface area contributed by atoms with Crippen molar-refractivity contribution in [2.75, 3.05) is 18.9 Å². The minimum Gasteiger partial charge on any atom is -0.494 e. The topological polar surface area (TPSA) is 134 Å². The van der Waals surface area contributed by atoms with Gasteiger partial charge in [-0.1, -0.05) is 6.07 Å². The van der Waals surface area contributed by atoms with E-state index in [0.717, 1.165) is 18.0 Å². The molecule has 13 heteroatoms. The first kappa shape index (κ1) is 25.1. The number of methoxy groups -OCH3 is 2. The lowest BCUT2D eigenvalue weighted by Crippen LogP contribution is -2.29. The highest BCUT2D eigenvalue weighted by Crippen LogP contribution is 2.38. The van der Waals surface area contributed by atoms with E-state index in [1.54, 1.807) is 24.3 Å². The van der Waals surface area contributed by atoms with Gasteiger partial charge < -0.3 is 13.9 Å². The predicted octanol–water partition coefficient (Wildman–Crippen LogP) is 3.46. The summed E-state index contributed by atoms with van der Waals surface area (Å²) in [6, 6.07) is 6.92. The van der Waals surface area contributed by atoms with Crippen LogP contribution in [0.2, 0.25) is 0 Å². The second-order valence-corrected chi connectivity index (χ2v) is 10.1. The van der Waals surface area contributed by atoms with Gasteiger partial charge >= 0.3 is 0 Å². The normalized spacial score (nSPS) is 12.4. The number of hydrogen-bond donors (Lipinski definition) is 1. The van der Waals surface area contributed by atoms with Crippen molar-refractivity contribution in [3.63, 3.8) is 0 Å². The van der Waals surface area contributed by atoms with E-state index in [2.05, 4.69) is 24.9 Å². The first-order valence-electron chi connectivity index (χ1n) is 10.9. The van der Waals surface area contributed by atoms with Gasteiger partial charge in [0.15, 0.2) is 11.6 Å². The molecule has 0 spiro atoms. The van der Waals surface area contributed by atoms with Gasteiger partial charge in [0.1, 0.15) is 28.8 Å². The number of furan rings is 1. The highest BCUT2D eigenvalue weighted by atomic mass is 32.2. The summed E-state index contributed by atoms with van der Waals surface area (Å²) in [5, 5.41) is 7.35. The van der Waals surface area contributed by atoms with E-state index in [-0.39, 0.29) is 24.0 Å². The maximum Gasteiger partial charge on any atom is 0.243 e.